The summed E-state index contributed by atoms with van der Waals surface area (Å²) < 4.78 is 40.2. The van der Waals surface area contributed by atoms with Crippen LogP contribution in [0.25, 0.3) is 0 Å². The van der Waals surface area contributed by atoms with Crippen molar-refractivity contribution in [3.8, 4) is 5.75 Å². The monoisotopic (exact) mass is 342 g/mol. The van der Waals surface area contributed by atoms with Gasteiger partial charge in [-0.05, 0) is 49.9 Å². The lowest BCUT2D eigenvalue weighted by molar-refractivity contribution is -0.274. The van der Waals surface area contributed by atoms with Crippen LogP contribution in [0.2, 0.25) is 0 Å². The van der Waals surface area contributed by atoms with E-state index in [1.807, 2.05) is 13.8 Å². The summed E-state index contributed by atoms with van der Waals surface area (Å²) in [4.78, 5) is 16.6. The molecule has 0 atom stereocenters. The number of nitrogens with one attached hydrogen (secondary N) is 1. The summed E-state index contributed by atoms with van der Waals surface area (Å²) in [6.45, 7) is 4.00. The first-order chi connectivity index (χ1) is 11.4. The highest BCUT2D eigenvalue weighted by Gasteiger charge is 2.40. The van der Waals surface area contributed by atoms with Gasteiger partial charge in [0.05, 0.1) is 0 Å². The molecule has 7 heteroatoms. The van der Waals surface area contributed by atoms with Crippen molar-refractivity contribution in [2.75, 3.05) is 0 Å². The van der Waals surface area contributed by atoms with Gasteiger partial charge >= 0.3 is 6.36 Å². The van der Waals surface area contributed by atoms with Crippen LogP contribution in [-0.2, 0) is 4.79 Å². The summed E-state index contributed by atoms with van der Waals surface area (Å²) in [5, 5.41) is 2.92. The second-order valence-electron chi connectivity index (χ2n) is 5.58. The van der Waals surface area contributed by atoms with E-state index in [-0.39, 0.29) is 17.4 Å². The molecule has 0 unspecified atom stereocenters. The SMILES string of the molecule is CC.O=C1NC2(CCCCC2)N=C1c1ccc(OC(F)(F)F)cc1. The number of rotatable bonds is 2. The number of benzene rings is 1. The Hall–Kier alpha value is -2.05. The zero-order valence-electron chi connectivity index (χ0n) is 13.7. The van der Waals surface area contributed by atoms with Gasteiger partial charge in [0.1, 0.15) is 17.1 Å². The fourth-order valence-corrected chi connectivity index (χ4v) is 2.95. The lowest BCUT2D eigenvalue weighted by atomic mass is 9.90. The number of nitrogens with zero attached hydrogens (tertiary/aromatic N) is 1. The average molecular weight is 342 g/mol. The molecule has 4 nitrogen and oxygen atoms in total. The average Bonchev–Trinajstić information content (AvgIpc) is 2.85. The lowest BCUT2D eigenvalue weighted by Crippen LogP contribution is -2.43. The van der Waals surface area contributed by atoms with Crippen LogP contribution in [0.4, 0.5) is 13.2 Å². The predicted molar refractivity (Wildman–Crippen MR) is 85.0 cm³/mol. The zero-order valence-corrected chi connectivity index (χ0v) is 13.7. The molecule has 2 aliphatic rings. The van der Waals surface area contributed by atoms with Crippen molar-refractivity contribution in [3.63, 3.8) is 0 Å². The van der Waals surface area contributed by atoms with Gasteiger partial charge in [-0.25, -0.2) is 0 Å². The van der Waals surface area contributed by atoms with E-state index in [1.165, 1.54) is 24.3 Å². The molecule has 0 radical (unpaired) electrons. The molecule has 1 aromatic rings. The van der Waals surface area contributed by atoms with Crippen LogP contribution in [0.5, 0.6) is 5.75 Å². The minimum Gasteiger partial charge on any atom is -0.406 e. The van der Waals surface area contributed by atoms with Crippen LogP contribution < -0.4 is 10.1 Å². The summed E-state index contributed by atoms with van der Waals surface area (Å²) in [5.74, 6) is -0.589. The van der Waals surface area contributed by atoms with Gasteiger partial charge in [0.15, 0.2) is 0 Å². The van der Waals surface area contributed by atoms with Crippen LogP contribution in [-0.4, -0.2) is 23.6 Å². The topological polar surface area (TPSA) is 50.7 Å². The van der Waals surface area contributed by atoms with Crippen molar-refractivity contribution < 1.29 is 22.7 Å². The molecule has 132 valence electrons. The molecule has 0 aromatic heterocycles. The summed E-state index contributed by atoms with van der Waals surface area (Å²) in [6.07, 6.45) is 0.0295. The highest BCUT2D eigenvalue weighted by Crippen LogP contribution is 2.33. The number of halogens is 3. The molecule has 1 amide bonds. The first-order valence-corrected chi connectivity index (χ1v) is 8.16. The second kappa shape index (κ2) is 7.23. The van der Waals surface area contributed by atoms with E-state index in [9.17, 15) is 18.0 Å². The third-order valence-electron chi connectivity index (χ3n) is 3.93. The number of carbonyl (C=O) groups excluding carboxylic acids is 1. The minimum absolute atomic E-state index is 0.272. The molecule has 0 saturated heterocycles. The molecule has 0 bridgehead atoms. The Morgan fingerprint density at radius 2 is 1.67 bits per heavy atom. The summed E-state index contributed by atoms with van der Waals surface area (Å²) in [7, 11) is 0. The maximum absolute atomic E-state index is 12.1. The molecule has 1 heterocycles. The Kier molecular flexibility index (Phi) is 5.51. The Balaban J connectivity index is 0.00000100. The molecular formula is C17H21F3N2O2. The molecule has 1 aliphatic carbocycles. The van der Waals surface area contributed by atoms with Gasteiger partial charge < -0.3 is 10.1 Å². The molecule has 1 aromatic carbocycles. The number of carbonyl (C=O) groups is 1. The van der Waals surface area contributed by atoms with Gasteiger partial charge in [-0.1, -0.05) is 20.3 Å². The first-order valence-electron chi connectivity index (χ1n) is 8.16. The Labute approximate surface area is 139 Å². The number of hydrogen-bond acceptors (Lipinski definition) is 3. The van der Waals surface area contributed by atoms with Crippen LogP contribution >= 0.6 is 0 Å². The molecule has 1 fully saturated rings. The summed E-state index contributed by atoms with van der Waals surface area (Å²) in [5.41, 5.74) is 0.251. The maximum atomic E-state index is 12.1. The lowest BCUT2D eigenvalue weighted by Gasteiger charge is -2.30. The number of alkyl halides is 3. The molecule has 1 saturated carbocycles. The van der Waals surface area contributed by atoms with Crippen molar-refractivity contribution in [2.45, 2.75) is 58.0 Å². The van der Waals surface area contributed by atoms with E-state index in [0.717, 1.165) is 32.1 Å². The van der Waals surface area contributed by atoms with E-state index in [0.29, 0.717) is 5.56 Å². The van der Waals surface area contributed by atoms with Gasteiger partial charge in [-0.15, -0.1) is 13.2 Å². The van der Waals surface area contributed by atoms with Crippen LogP contribution in [0.3, 0.4) is 0 Å². The summed E-state index contributed by atoms with van der Waals surface area (Å²) >= 11 is 0. The van der Waals surface area contributed by atoms with Crippen molar-refractivity contribution in [1.29, 1.82) is 0 Å². The minimum atomic E-state index is -4.73. The standard InChI is InChI=1S/C15H15F3N2O2.C2H6/c16-15(17,18)22-11-6-4-10(5-7-11)12-13(21)20-14(19-12)8-2-1-3-9-14;1-2/h4-7H,1-3,8-9H2,(H,20,21);1-2H3. The molecular weight excluding hydrogens is 321 g/mol. The van der Waals surface area contributed by atoms with Gasteiger partial charge in [0.2, 0.25) is 0 Å². The van der Waals surface area contributed by atoms with Crippen molar-refractivity contribution >= 4 is 11.6 Å². The fourth-order valence-electron chi connectivity index (χ4n) is 2.95. The number of amides is 1. The summed E-state index contributed by atoms with van der Waals surface area (Å²) in [6, 6.07) is 5.21. The quantitative estimate of drug-likeness (QED) is 0.876. The third kappa shape index (κ3) is 4.27. The fraction of sp³-hybridized carbons (Fsp3) is 0.529. The Morgan fingerprint density at radius 3 is 2.21 bits per heavy atom. The van der Waals surface area contributed by atoms with E-state index in [1.54, 1.807) is 0 Å². The third-order valence-corrected chi connectivity index (χ3v) is 3.93. The molecule has 3 rings (SSSR count). The highest BCUT2D eigenvalue weighted by atomic mass is 19.4. The number of hydrogen-bond donors (Lipinski definition) is 1. The predicted octanol–water partition coefficient (Wildman–Crippen LogP) is 4.19. The van der Waals surface area contributed by atoms with Gasteiger partial charge in [0.25, 0.3) is 5.91 Å². The largest absolute Gasteiger partial charge is 0.573 e. The Bertz CT molecular complexity index is 603. The Morgan fingerprint density at radius 1 is 1.08 bits per heavy atom. The van der Waals surface area contributed by atoms with Crippen molar-refractivity contribution in [3.05, 3.63) is 29.8 Å². The maximum Gasteiger partial charge on any atom is 0.573 e. The second-order valence-corrected chi connectivity index (χ2v) is 5.58. The number of ether oxygens (including phenoxy) is 1. The molecule has 1 N–H and O–H groups in total. The van der Waals surface area contributed by atoms with Gasteiger partial charge in [0, 0.05) is 5.56 Å². The van der Waals surface area contributed by atoms with E-state index in [4.69, 9.17) is 0 Å². The van der Waals surface area contributed by atoms with Crippen LogP contribution in [0.1, 0.15) is 51.5 Å². The molecule has 1 spiro atoms. The van der Waals surface area contributed by atoms with Gasteiger partial charge in [-0.3, -0.25) is 9.79 Å². The highest BCUT2D eigenvalue weighted by molar-refractivity contribution is 6.46. The van der Waals surface area contributed by atoms with E-state index >= 15 is 0 Å². The molecule has 1 aliphatic heterocycles. The smallest absolute Gasteiger partial charge is 0.406 e. The number of aliphatic imine (C=N–C) groups is 1. The van der Waals surface area contributed by atoms with E-state index < -0.39 is 12.0 Å². The van der Waals surface area contributed by atoms with Gasteiger partial charge in [-0.2, -0.15) is 0 Å². The van der Waals surface area contributed by atoms with Crippen LogP contribution in [0.15, 0.2) is 29.3 Å². The molecule has 24 heavy (non-hydrogen) atoms. The first kappa shape index (κ1) is 18.3. The van der Waals surface area contributed by atoms with Crippen molar-refractivity contribution in [2.24, 2.45) is 4.99 Å². The van der Waals surface area contributed by atoms with Crippen LogP contribution in [0, 0.1) is 0 Å². The van der Waals surface area contributed by atoms with E-state index in [2.05, 4.69) is 15.0 Å². The normalized spacial score (nSPS) is 19.2. The van der Waals surface area contributed by atoms with Crippen molar-refractivity contribution in [1.82, 2.24) is 5.32 Å². The zero-order chi connectivity index (χ0) is 17.8.